The molecule has 0 aliphatic heterocycles. The van der Waals surface area contributed by atoms with E-state index in [0.717, 1.165) is 13.1 Å². The number of carboxylic acid groups (broad SMARTS) is 1. The van der Waals surface area contributed by atoms with Gasteiger partial charge in [0.15, 0.2) is 0 Å². The van der Waals surface area contributed by atoms with Crippen molar-refractivity contribution in [2.45, 2.75) is 13.8 Å². The molecular formula is C16H21NO2. The topological polar surface area (TPSA) is 40.5 Å². The summed E-state index contributed by atoms with van der Waals surface area (Å²) in [6.45, 7) is 5.68. The summed E-state index contributed by atoms with van der Waals surface area (Å²) in [4.78, 5) is 11.9. The first-order chi connectivity index (χ1) is 9.17. The first-order valence-electron chi connectivity index (χ1n) is 6.55. The summed E-state index contributed by atoms with van der Waals surface area (Å²) in [6.07, 6.45) is 0. The number of aliphatic carboxylic acids is 1. The highest BCUT2D eigenvalue weighted by Crippen LogP contribution is 2.11. The number of carbonyl (C=O) groups is 1. The summed E-state index contributed by atoms with van der Waals surface area (Å²) in [5, 5.41) is 10.9. The van der Waals surface area contributed by atoms with Crippen LogP contribution in [0, 0.1) is 0 Å². The van der Waals surface area contributed by atoms with Crippen LogP contribution in [-0.2, 0) is 4.79 Å². The molecule has 0 atom stereocenters. The van der Waals surface area contributed by atoms with Crippen LogP contribution in [0.5, 0.6) is 0 Å². The Bertz CT molecular complexity index is 441. The highest BCUT2D eigenvalue weighted by Gasteiger charge is 2.02. The van der Waals surface area contributed by atoms with Crippen LogP contribution in [0.4, 0.5) is 0 Å². The number of nitrogens with zero attached hydrogens (tertiary/aromatic N) is 1. The Balaban J connectivity index is 0.000000192. The minimum absolute atomic E-state index is 0.160. The van der Waals surface area contributed by atoms with Gasteiger partial charge in [0.2, 0.25) is 0 Å². The predicted octanol–water partition coefficient (Wildman–Crippen LogP) is 3.25. The van der Waals surface area contributed by atoms with E-state index in [9.17, 15) is 4.79 Å². The molecular weight excluding hydrogens is 238 g/mol. The zero-order chi connectivity index (χ0) is 14.1. The van der Waals surface area contributed by atoms with E-state index in [1.165, 1.54) is 10.8 Å². The van der Waals surface area contributed by atoms with E-state index < -0.39 is 5.97 Å². The van der Waals surface area contributed by atoms with Crippen LogP contribution in [-0.4, -0.2) is 35.6 Å². The van der Waals surface area contributed by atoms with Gasteiger partial charge in [0.05, 0.1) is 6.54 Å². The average molecular weight is 259 g/mol. The molecule has 0 aliphatic carbocycles. The number of carboxylic acids is 1. The summed E-state index contributed by atoms with van der Waals surface area (Å²) in [5.74, 6) is -0.751. The van der Waals surface area contributed by atoms with E-state index in [1.54, 1.807) is 0 Å². The van der Waals surface area contributed by atoms with Gasteiger partial charge in [0.1, 0.15) is 0 Å². The molecule has 3 nitrogen and oxygen atoms in total. The molecule has 0 radical (unpaired) electrons. The molecule has 0 aliphatic rings. The smallest absolute Gasteiger partial charge is 0.317 e. The van der Waals surface area contributed by atoms with E-state index in [2.05, 4.69) is 48.5 Å². The summed E-state index contributed by atoms with van der Waals surface area (Å²) >= 11 is 0. The molecule has 0 spiro atoms. The molecule has 2 aromatic carbocycles. The Kier molecular flexibility index (Phi) is 6.61. The lowest BCUT2D eigenvalue weighted by molar-refractivity contribution is -0.138. The van der Waals surface area contributed by atoms with Crippen molar-refractivity contribution in [2.75, 3.05) is 19.6 Å². The van der Waals surface area contributed by atoms with Crippen molar-refractivity contribution in [3.8, 4) is 0 Å². The molecule has 0 heterocycles. The van der Waals surface area contributed by atoms with Gasteiger partial charge < -0.3 is 5.11 Å². The first-order valence-corrected chi connectivity index (χ1v) is 6.55. The molecule has 0 bridgehead atoms. The van der Waals surface area contributed by atoms with Crippen LogP contribution in [0.1, 0.15) is 13.8 Å². The molecule has 3 heteroatoms. The van der Waals surface area contributed by atoms with Crippen molar-refractivity contribution < 1.29 is 9.90 Å². The van der Waals surface area contributed by atoms with Gasteiger partial charge in [-0.1, -0.05) is 62.4 Å². The zero-order valence-electron chi connectivity index (χ0n) is 11.5. The maximum Gasteiger partial charge on any atom is 0.317 e. The van der Waals surface area contributed by atoms with Gasteiger partial charge in [-0.2, -0.15) is 0 Å². The number of hydrogen-bond acceptors (Lipinski definition) is 2. The normalized spacial score (nSPS) is 10.1. The fraction of sp³-hybridized carbons (Fsp3) is 0.312. The maximum absolute atomic E-state index is 10.1. The van der Waals surface area contributed by atoms with Crippen LogP contribution in [0.3, 0.4) is 0 Å². The molecule has 102 valence electrons. The van der Waals surface area contributed by atoms with E-state index >= 15 is 0 Å². The quantitative estimate of drug-likeness (QED) is 0.916. The summed E-state index contributed by atoms with van der Waals surface area (Å²) in [7, 11) is 0. The largest absolute Gasteiger partial charge is 0.480 e. The van der Waals surface area contributed by atoms with Crippen LogP contribution < -0.4 is 0 Å². The van der Waals surface area contributed by atoms with Gasteiger partial charge in [-0.05, 0) is 23.9 Å². The van der Waals surface area contributed by atoms with Crippen molar-refractivity contribution in [1.82, 2.24) is 4.90 Å². The zero-order valence-corrected chi connectivity index (χ0v) is 11.5. The van der Waals surface area contributed by atoms with Crippen LogP contribution in [0.2, 0.25) is 0 Å². The van der Waals surface area contributed by atoms with Gasteiger partial charge in [-0.3, -0.25) is 9.69 Å². The summed E-state index contributed by atoms with van der Waals surface area (Å²) < 4.78 is 0. The Morgan fingerprint density at radius 1 is 0.947 bits per heavy atom. The second kappa shape index (κ2) is 8.27. The Labute approximate surface area is 114 Å². The molecule has 0 unspecified atom stereocenters. The summed E-state index contributed by atoms with van der Waals surface area (Å²) in [5.41, 5.74) is 0. The highest BCUT2D eigenvalue weighted by atomic mass is 16.4. The van der Waals surface area contributed by atoms with Crippen LogP contribution in [0.15, 0.2) is 48.5 Å². The van der Waals surface area contributed by atoms with E-state index in [0.29, 0.717) is 0 Å². The predicted molar refractivity (Wildman–Crippen MR) is 79.4 cm³/mol. The first kappa shape index (κ1) is 15.2. The lowest BCUT2D eigenvalue weighted by atomic mass is 10.1. The van der Waals surface area contributed by atoms with Crippen molar-refractivity contribution in [2.24, 2.45) is 0 Å². The third-order valence-electron chi connectivity index (χ3n) is 2.91. The van der Waals surface area contributed by atoms with Crippen molar-refractivity contribution in [3.63, 3.8) is 0 Å². The number of hydrogen-bond donors (Lipinski definition) is 1. The molecule has 19 heavy (non-hydrogen) atoms. The maximum atomic E-state index is 10.1. The Hall–Kier alpha value is -1.87. The number of benzene rings is 2. The summed E-state index contributed by atoms with van der Waals surface area (Å²) in [6, 6.07) is 16.7. The molecule has 0 fully saturated rings. The van der Waals surface area contributed by atoms with E-state index in [1.807, 2.05) is 18.7 Å². The SMILES string of the molecule is CCN(CC)CC(=O)O.c1ccc2ccccc2c1. The Morgan fingerprint density at radius 2 is 1.32 bits per heavy atom. The molecule has 0 saturated carbocycles. The molecule has 2 aromatic rings. The average Bonchev–Trinajstić information content (AvgIpc) is 2.45. The fourth-order valence-electron chi connectivity index (χ4n) is 1.77. The van der Waals surface area contributed by atoms with Gasteiger partial charge in [-0.15, -0.1) is 0 Å². The van der Waals surface area contributed by atoms with Crippen LogP contribution in [0.25, 0.3) is 10.8 Å². The second-order valence-corrected chi connectivity index (χ2v) is 4.20. The fourth-order valence-corrected chi connectivity index (χ4v) is 1.77. The molecule has 0 amide bonds. The minimum atomic E-state index is -0.751. The standard InChI is InChI=1S/C10H8.C6H13NO2/c1-2-6-10-8-4-3-7-9(10)5-1;1-3-7(4-2)5-6(8)9/h1-8H;3-5H2,1-2H3,(H,8,9). The number of fused-ring (bicyclic) bond motifs is 1. The monoisotopic (exact) mass is 259 g/mol. The van der Waals surface area contributed by atoms with Crippen molar-refractivity contribution in [1.29, 1.82) is 0 Å². The van der Waals surface area contributed by atoms with Crippen molar-refractivity contribution >= 4 is 16.7 Å². The van der Waals surface area contributed by atoms with Gasteiger partial charge in [0.25, 0.3) is 0 Å². The third-order valence-corrected chi connectivity index (χ3v) is 2.91. The van der Waals surface area contributed by atoms with E-state index in [4.69, 9.17) is 5.11 Å². The highest BCUT2D eigenvalue weighted by molar-refractivity contribution is 5.82. The lowest BCUT2D eigenvalue weighted by Crippen LogP contribution is -2.29. The van der Waals surface area contributed by atoms with Gasteiger partial charge >= 0.3 is 5.97 Å². The lowest BCUT2D eigenvalue weighted by Gasteiger charge is -2.13. The Morgan fingerprint density at radius 3 is 1.53 bits per heavy atom. The van der Waals surface area contributed by atoms with Gasteiger partial charge in [0, 0.05) is 0 Å². The molecule has 0 saturated heterocycles. The molecule has 2 rings (SSSR count). The van der Waals surface area contributed by atoms with Gasteiger partial charge in [-0.25, -0.2) is 0 Å². The van der Waals surface area contributed by atoms with Crippen molar-refractivity contribution in [3.05, 3.63) is 48.5 Å². The van der Waals surface area contributed by atoms with E-state index in [-0.39, 0.29) is 6.54 Å². The second-order valence-electron chi connectivity index (χ2n) is 4.20. The molecule has 0 aromatic heterocycles. The number of likely N-dealkylation sites (N-methyl/N-ethyl adjacent to an activating group) is 1. The number of rotatable bonds is 4. The third kappa shape index (κ3) is 5.53. The van der Waals surface area contributed by atoms with Crippen LogP contribution >= 0.6 is 0 Å². The molecule has 1 N–H and O–H groups in total. The minimum Gasteiger partial charge on any atom is -0.480 e.